The van der Waals surface area contributed by atoms with Gasteiger partial charge >= 0.3 is 0 Å². The Bertz CT molecular complexity index is 669. The second-order valence-corrected chi connectivity index (χ2v) is 8.08. The monoisotopic (exact) mass is 354 g/mol. The van der Waals surface area contributed by atoms with E-state index >= 15 is 0 Å². The third-order valence-electron chi connectivity index (χ3n) is 5.07. The van der Waals surface area contributed by atoms with E-state index in [-0.39, 0.29) is 0 Å². The molecule has 0 saturated carbocycles. The number of fused-ring (bicyclic) bond motifs is 2. The number of hydrogen-bond acceptors (Lipinski definition) is 4. The lowest BCUT2D eigenvalue weighted by Gasteiger charge is -2.35. The van der Waals surface area contributed by atoms with Crippen molar-refractivity contribution in [3.63, 3.8) is 0 Å². The SMILES string of the molecule is CC(CCN1CCOCC1)CN1c2ccccc2Sc2ccccc21. The van der Waals surface area contributed by atoms with Crippen molar-refractivity contribution in [1.82, 2.24) is 4.90 Å². The first-order chi connectivity index (χ1) is 12.3. The van der Waals surface area contributed by atoms with E-state index in [0.29, 0.717) is 5.92 Å². The second-order valence-electron chi connectivity index (χ2n) is 7.00. The van der Waals surface area contributed by atoms with Crippen LogP contribution in [0.4, 0.5) is 11.4 Å². The number of ether oxygens (including phenoxy) is 1. The van der Waals surface area contributed by atoms with E-state index in [1.54, 1.807) is 0 Å². The van der Waals surface area contributed by atoms with Gasteiger partial charge in [0.15, 0.2) is 0 Å². The first kappa shape index (κ1) is 17.0. The molecule has 1 unspecified atom stereocenters. The molecule has 4 heteroatoms. The van der Waals surface area contributed by atoms with Gasteiger partial charge in [-0.15, -0.1) is 0 Å². The van der Waals surface area contributed by atoms with E-state index in [9.17, 15) is 0 Å². The van der Waals surface area contributed by atoms with E-state index in [1.807, 2.05) is 11.8 Å². The maximum absolute atomic E-state index is 5.45. The van der Waals surface area contributed by atoms with Crippen molar-refractivity contribution < 1.29 is 4.74 Å². The number of benzene rings is 2. The van der Waals surface area contributed by atoms with Crippen molar-refractivity contribution in [2.75, 3.05) is 44.3 Å². The molecule has 0 aliphatic carbocycles. The number of morpholine rings is 1. The fraction of sp³-hybridized carbons (Fsp3) is 0.429. The van der Waals surface area contributed by atoms with Crippen LogP contribution >= 0.6 is 11.8 Å². The highest BCUT2D eigenvalue weighted by molar-refractivity contribution is 7.99. The fourth-order valence-corrected chi connectivity index (χ4v) is 4.70. The van der Waals surface area contributed by atoms with Gasteiger partial charge < -0.3 is 9.64 Å². The van der Waals surface area contributed by atoms with Crippen molar-refractivity contribution in [3.8, 4) is 0 Å². The van der Waals surface area contributed by atoms with Crippen LogP contribution in [-0.2, 0) is 4.74 Å². The molecule has 1 atom stereocenters. The zero-order valence-corrected chi connectivity index (χ0v) is 15.7. The van der Waals surface area contributed by atoms with E-state index in [1.165, 1.54) is 34.1 Å². The molecule has 2 aromatic carbocycles. The molecule has 0 spiro atoms. The van der Waals surface area contributed by atoms with Crippen LogP contribution in [0.15, 0.2) is 58.3 Å². The van der Waals surface area contributed by atoms with Gasteiger partial charge in [-0.25, -0.2) is 0 Å². The van der Waals surface area contributed by atoms with E-state index in [2.05, 4.69) is 65.3 Å². The molecule has 2 aromatic rings. The first-order valence-corrected chi connectivity index (χ1v) is 10.1. The van der Waals surface area contributed by atoms with Gasteiger partial charge in [-0.1, -0.05) is 43.0 Å². The predicted octanol–water partition coefficient (Wildman–Crippen LogP) is 4.65. The highest BCUT2D eigenvalue weighted by Crippen LogP contribution is 2.48. The van der Waals surface area contributed by atoms with E-state index in [0.717, 1.165) is 32.8 Å². The van der Waals surface area contributed by atoms with Crippen LogP contribution in [0.5, 0.6) is 0 Å². The topological polar surface area (TPSA) is 15.7 Å². The van der Waals surface area contributed by atoms with Gasteiger partial charge in [-0.05, 0) is 43.1 Å². The molecule has 2 heterocycles. The van der Waals surface area contributed by atoms with Gasteiger partial charge in [-0.3, -0.25) is 4.90 Å². The Balaban J connectivity index is 1.47. The van der Waals surface area contributed by atoms with Gasteiger partial charge in [0.05, 0.1) is 24.6 Å². The van der Waals surface area contributed by atoms with Crippen LogP contribution in [0, 0.1) is 5.92 Å². The summed E-state index contributed by atoms with van der Waals surface area (Å²) in [6.45, 7) is 8.57. The molecule has 0 aromatic heterocycles. The summed E-state index contributed by atoms with van der Waals surface area (Å²) in [5.74, 6) is 0.645. The smallest absolute Gasteiger partial charge is 0.0594 e. The third-order valence-corrected chi connectivity index (χ3v) is 6.20. The Morgan fingerprint density at radius 3 is 2.20 bits per heavy atom. The number of hydrogen-bond donors (Lipinski definition) is 0. The third kappa shape index (κ3) is 3.86. The first-order valence-electron chi connectivity index (χ1n) is 9.25. The maximum Gasteiger partial charge on any atom is 0.0594 e. The largest absolute Gasteiger partial charge is 0.379 e. The van der Waals surface area contributed by atoms with Crippen molar-refractivity contribution in [2.24, 2.45) is 5.92 Å². The van der Waals surface area contributed by atoms with Gasteiger partial charge in [0.2, 0.25) is 0 Å². The Labute approximate surface area is 155 Å². The van der Waals surface area contributed by atoms with E-state index < -0.39 is 0 Å². The normalized spacial score (nSPS) is 18.5. The lowest BCUT2D eigenvalue weighted by molar-refractivity contribution is 0.0358. The molecule has 25 heavy (non-hydrogen) atoms. The predicted molar refractivity (Wildman–Crippen MR) is 105 cm³/mol. The molecule has 1 fully saturated rings. The minimum atomic E-state index is 0.645. The maximum atomic E-state index is 5.45. The lowest BCUT2D eigenvalue weighted by Crippen LogP contribution is -2.38. The van der Waals surface area contributed by atoms with Gasteiger partial charge in [0, 0.05) is 29.4 Å². The molecule has 0 radical (unpaired) electrons. The summed E-state index contributed by atoms with van der Waals surface area (Å²) >= 11 is 1.89. The Morgan fingerprint density at radius 2 is 1.56 bits per heavy atom. The van der Waals surface area contributed by atoms with Crippen LogP contribution in [0.3, 0.4) is 0 Å². The van der Waals surface area contributed by atoms with Crippen LogP contribution in [0.1, 0.15) is 13.3 Å². The molecule has 1 saturated heterocycles. The summed E-state index contributed by atoms with van der Waals surface area (Å²) in [7, 11) is 0. The van der Waals surface area contributed by atoms with Crippen molar-refractivity contribution >= 4 is 23.1 Å². The van der Waals surface area contributed by atoms with Crippen LogP contribution in [0.2, 0.25) is 0 Å². The summed E-state index contributed by atoms with van der Waals surface area (Å²) < 4.78 is 5.45. The Kier molecular flexibility index (Phi) is 5.30. The molecular weight excluding hydrogens is 328 g/mol. The number of nitrogens with zero attached hydrogens (tertiary/aromatic N) is 2. The molecule has 0 amide bonds. The van der Waals surface area contributed by atoms with Gasteiger partial charge in [-0.2, -0.15) is 0 Å². The zero-order chi connectivity index (χ0) is 17.1. The number of anilines is 2. The summed E-state index contributed by atoms with van der Waals surface area (Å²) in [4.78, 5) is 7.78. The minimum absolute atomic E-state index is 0.645. The molecule has 4 rings (SSSR count). The quantitative estimate of drug-likeness (QED) is 0.776. The lowest BCUT2D eigenvalue weighted by atomic mass is 10.1. The Hall–Kier alpha value is -1.49. The van der Waals surface area contributed by atoms with Crippen molar-refractivity contribution in [1.29, 1.82) is 0 Å². The molecule has 0 bridgehead atoms. The highest BCUT2D eigenvalue weighted by Gasteiger charge is 2.24. The van der Waals surface area contributed by atoms with E-state index in [4.69, 9.17) is 4.74 Å². The fourth-order valence-electron chi connectivity index (χ4n) is 3.61. The average Bonchev–Trinajstić information content (AvgIpc) is 2.67. The Morgan fingerprint density at radius 1 is 0.960 bits per heavy atom. The zero-order valence-electron chi connectivity index (χ0n) is 14.9. The number of rotatable bonds is 5. The average molecular weight is 355 g/mol. The molecular formula is C21H26N2OS. The van der Waals surface area contributed by atoms with Crippen LogP contribution in [0.25, 0.3) is 0 Å². The molecule has 132 valence electrons. The van der Waals surface area contributed by atoms with Crippen molar-refractivity contribution in [2.45, 2.75) is 23.1 Å². The second kappa shape index (κ2) is 7.81. The summed E-state index contributed by atoms with van der Waals surface area (Å²) in [5, 5.41) is 0. The van der Waals surface area contributed by atoms with Crippen LogP contribution < -0.4 is 4.90 Å². The van der Waals surface area contributed by atoms with Crippen LogP contribution in [-0.4, -0.2) is 44.3 Å². The molecule has 2 aliphatic heterocycles. The standard InChI is InChI=1S/C21H26N2OS/c1-17(10-11-22-12-14-24-15-13-22)16-23-18-6-2-4-8-20(18)25-21-9-5-3-7-19(21)23/h2-9,17H,10-16H2,1H3. The molecule has 0 N–H and O–H groups in total. The summed E-state index contributed by atoms with van der Waals surface area (Å²) in [6, 6.07) is 17.6. The minimum Gasteiger partial charge on any atom is -0.379 e. The summed E-state index contributed by atoms with van der Waals surface area (Å²) in [5.41, 5.74) is 2.70. The van der Waals surface area contributed by atoms with Crippen molar-refractivity contribution in [3.05, 3.63) is 48.5 Å². The molecule has 2 aliphatic rings. The van der Waals surface area contributed by atoms with Gasteiger partial charge in [0.25, 0.3) is 0 Å². The highest BCUT2D eigenvalue weighted by atomic mass is 32.2. The number of para-hydroxylation sites is 2. The van der Waals surface area contributed by atoms with Gasteiger partial charge in [0.1, 0.15) is 0 Å². The summed E-state index contributed by atoms with van der Waals surface area (Å²) in [6.07, 6.45) is 1.23. The molecule has 3 nitrogen and oxygen atoms in total.